The fourth-order valence-corrected chi connectivity index (χ4v) is 11.6. The van der Waals surface area contributed by atoms with Crippen LogP contribution in [0.25, 0.3) is 0 Å². The maximum Gasteiger partial charge on any atom is 0.472 e. The van der Waals surface area contributed by atoms with E-state index in [2.05, 4.69) is 41.5 Å². The number of carbonyl (C=O) groups excluding carboxylic acids is 4. The molecule has 0 amide bonds. The Labute approximate surface area is 524 Å². The van der Waals surface area contributed by atoms with Crippen molar-refractivity contribution in [2.45, 2.75) is 355 Å². The topological polar surface area (TPSA) is 237 Å². The van der Waals surface area contributed by atoms with Crippen molar-refractivity contribution in [1.29, 1.82) is 0 Å². The van der Waals surface area contributed by atoms with Gasteiger partial charge in [0.1, 0.15) is 19.3 Å². The van der Waals surface area contributed by atoms with Crippen LogP contribution in [0.15, 0.2) is 0 Å². The minimum absolute atomic E-state index is 0.106. The van der Waals surface area contributed by atoms with E-state index in [1.165, 1.54) is 141 Å². The Hall–Kier alpha value is -1.94. The Balaban J connectivity index is 5.18. The number of phosphoric acid groups is 2. The van der Waals surface area contributed by atoms with E-state index < -0.39 is 97.5 Å². The standard InChI is InChI=1S/C67H130O17P2/c1-7-10-12-14-16-18-27-31-39-45-51-66(71)83-62(55-77-64(69)49-43-37-30-17-15-13-11-8-2)57-81-85(73,74)79-53-61(68)54-80-86(75,76)82-58-63(56-78-65(70)50-44-38-34-33-36-42-48-60(6)9-3)84-67(72)52-46-40-32-28-25-23-21-19-20-22-24-26-29-35-41-47-59(4)5/h59-63,68H,7-58H2,1-6H3,(H,73,74)(H,75,76)/t60?,61-,62+,63+/m0/s1. The lowest BCUT2D eigenvalue weighted by molar-refractivity contribution is -0.161. The first kappa shape index (κ1) is 84.1. The van der Waals surface area contributed by atoms with Gasteiger partial charge in [-0.3, -0.25) is 37.3 Å². The Kier molecular flexibility index (Phi) is 58.0. The van der Waals surface area contributed by atoms with Gasteiger partial charge in [0.25, 0.3) is 0 Å². The van der Waals surface area contributed by atoms with E-state index in [1.54, 1.807) is 0 Å². The fourth-order valence-electron chi connectivity index (χ4n) is 10.0. The molecule has 86 heavy (non-hydrogen) atoms. The number of ether oxygens (including phenoxy) is 4. The summed E-state index contributed by atoms with van der Waals surface area (Å²) < 4.78 is 68.0. The molecule has 0 saturated carbocycles. The zero-order valence-electron chi connectivity index (χ0n) is 55.6. The summed E-state index contributed by atoms with van der Waals surface area (Å²) in [6, 6.07) is 0. The minimum atomic E-state index is -4.95. The van der Waals surface area contributed by atoms with Crippen LogP contribution in [0.2, 0.25) is 0 Å². The number of phosphoric ester groups is 2. The molecule has 3 unspecified atom stereocenters. The average molecular weight is 1270 g/mol. The molecule has 0 aromatic heterocycles. The van der Waals surface area contributed by atoms with Gasteiger partial charge in [-0.2, -0.15) is 0 Å². The molecule has 0 heterocycles. The SMILES string of the molecule is CCCCCCCCCCCCC(=O)O[C@H](COC(=O)CCCCCCCCCC)COP(=O)(O)OC[C@H](O)COP(=O)(O)OC[C@@H](COC(=O)CCCCCCCCC(C)CC)OC(=O)CCCCCCCCCCCCCCCCCC(C)C. The second kappa shape index (κ2) is 59.4. The third-order valence-electron chi connectivity index (χ3n) is 15.8. The molecule has 3 N–H and O–H groups in total. The minimum Gasteiger partial charge on any atom is -0.462 e. The van der Waals surface area contributed by atoms with Crippen LogP contribution in [0, 0.1) is 11.8 Å². The number of hydrogen-bond acceptors (Lipinski definition) is 15. The second-order valence-corrected chi connectivity index (χ2v) is 27.8. The summed E-state index contributed by atoms with van der Waals surface area (Å²) in [6.07, 6.45) is 43.1. The van der Waals surface area contributed by atoms with Crippen LogP contribution >= 0.6 is 15.6 Å². The van der Waals surface area contributed by atoms with Crippen molar-refractivity contribution < 1.29 is 80.2 Å². The summed E-state index contributed by atoms with van der Waals surface area (Å²) in [5.74, 6) is -0.599. The lowest BCUT2D eigenvalue weighted by atomic mass is 10.00. The summed E-state index contributed by atoms with van der Waals surface area (Å²) in [4.78, 5) is 72.2. The number of esters is 4. The van der Waals surface area contributed by atoms with Crippen LogP contribution in [0.5, 0.6) is 0 Å². The molecule has 0 saturated heterocycles. The Bertz CT molecular complexity index is 1690. The summed E-state index contributed by atoms with van der Waals surface area (Å²) in [5.41, 5.74) is 0. The number of aliphatic hydroxyl groups is 1. The van der Waals surface area contributed by atoms with Gasteiger partial charge in [-0.1, -0.05) is 286 Å². The molecule has 19 heteroatoms. The quantitative estimate of drug-likeness (QED) is 0.0222. The number of unbranched alkanes of at least 4 members (excludes halogenated alkanes) is 35. The molecule has 0 aliphatic rings. The van der Waals surface area contributed by atoms with E-state index in [-0.39, 0.29) is 25.7 Å². The Morgan fingerprint density at radius 2 is 0.593 bits per heavy atom. The van der Waals surface area contributed by atoms with Crippen LogP contribution < -0.4 is 0 Å². The molecule has 0 aromatic carbocycles. The summed E-state index contributed by atoms with van der Waals surface area (Å²) in [6.45, 7) is 9.47. The van der Waals surface area contributed by atoms with Gasteiger partial charge < -0.3 is 33.8 Å². The first-order valence-corrected chi connectivity index (χ1v) is 38.0. The molecule has 0 spiro atoms. The summed E-state index contributed by atoms with van der Waals surface area (Å²) in [5, 5.41) is 10.5. The Morgan fingerprint density at radius 1 is 0.337 bits per heavy atom. The highest BCUT2D eigenvalue weighted by Crippen LogP contribution is 2.45. The summed E-state index contributed by atoms with van der Waals surface area (Å²) >= 11 is 0. The maximum absolute atomic E-state index is 13.0. The van der Waals surface area contributed by atoms with Crippen LogP contribution in [0.3, 0.4) is 0 Å². The normalized spacial score (nSPS) is 14.5. The van der Waals surface area contributed by atoms with Gasteiger partial charge in [-0.05, 0) is 37.5 Å². The average Bonchev–Trinajstić information content (AvgIpc) is 3.66. The highest BCUT2D eigenvalue weighted by atomic mass is 31.2. The van der Waals surface area contributed by atoms with E-state index in [1.807, 2.05) is 0 Å². The zero-order valence-corrected chi connectivity index (χ0v) is 57.4. The van der Waals surface area contributed by atoms with Gasteiger partial charge in [0.2, 0.25) is 0 Å². The van der Waals surface area contributed by atoms with E-state index >= 15 is 0 Å². The van der Waals surface area contributed by atoms with E-state index in [9.17, 15) is 43.2 Å². The predicted molar refractivity (Wildman–Crippen MR) is 345 cm³/mol. The first-order chi connectivity index (χ1) is 41.4. The van der Waals surface area contributed by atoms with Gasteiger partial charge in [0.05, 0.1) is 26.4 Å². The molecular formula is C67H130O17P2. The third-order valence-corrected chi connectivity index (χ3v) is 17.7. The lowest BCUT2D eigenvalue weighted by Gasteiger charge is -2.21. The van der Waals surface area contributed by atoms with Gasteiger partial charge in [0.15, 0.2) is 12.2 Å². The van der Waals surface area contributed by atoms with Crippen LogP contribution in [0.4, 0.5) is 0 Å². The summed E-state index contributed by atoms with van der Waals surface area (Å²) in [7, 11) is -9.89. The van der Waals surface area contributed by atoms with Crippen molar-refractivity contribution in [3.05, 3.63) is 0 Å². The largest absolute Gasteiger partial charge is 0.472 e. The molecule has 0 fully saturated rings. The smallest absolute Gasteiger partial charge is 0.462 e. The van der Waals surface area contributed by atoms with Crippen molar-refractivity contribution in [2.75, 3.05) is 39.6 Å². The maximum atomic E-state index is 13.0. The molecule has 0 aromatic rings. The molecule has 0 aliphatic carbocycles. The molecule has 17 nitrogen and oxygen atoms in total. The van der Waals surface area contributed by atoms with E-state index in [0.717, 1.165) is 115 Å². The van der Waals surface area contributed by atoms with Crippen molar-refractivity contribution in [1.82, 2.24) is 0 Å². The van der Waals surface area contributed by atoms with Gasteiger partial charge in [-0.15, -0.1) is 0 Å². The molecule has 510 valence electrons. The van der Waals surface area contributed by atoms with Crippen molar-refractivity contribution in [3.8, 4) is 0 Å². The molecule has 0 rings (SSSR count). The first-order valence-electron chi connectivity index (χ1n) is 35.0. The number of rotatable bonds is 66. The molecule has 6 atom stereocenters. The number of carbonyl (C=O) groups is 4. The van der Waals surface area contributed by atoms with Crippen molar-refractivity contribution in [3.63, 3.8) is 0 Å². The second-order valence-electron chi connectivity index (χ2n) is 24.9. The molecular weight excluding hydrogens is 1140 g/mol. The van der Waals surface area contributed by atoms with Crippen molar-refractivity contribution >= 4 is 39.5 Å². The fraction of sp³-hybridized carbons (Fsp3) is 0.940. The number of aliphatic hydroxyl groups excluding tert-OH is 1. The Morgan fingerprint density at radius 3 is 0.884 bits per heavy atom. The predicted octanol–water partition coefficient (Wildman–Crippen LogP) is 18.8. The monoisotopic (exact) mass is 1270 g/mol. The van der Waals surface area contributed by atoms with Gasteiger partial charge >= 0.3 is 39.5 Å². The van der Waals surface area contributed by atoms with Gasteiger partial charge in [-0.25, -0.2) is 9.13 Å². The highest BCUT2D eigenvalue weighted by Gasteiger charge is 2.30. The van der Waals surface area contributed by atoms with E-state index in [4.69, 9.17) is 37.0 Å². The number of hydrogen-bond donors (Lipinski definition) is 3. The van der Waals surface area contributed by atoms with Crippen LogP contribution in [-0.2, 0) is 65.4 Å². The lowest BCUT2D eigenvalue weighted by Crippen LogP contribution is -2.30. The molecule has 0 aliphatic heterocycles. The van der Waals surface area contributed by atoms with Crippen molar-refractivity contribution in [2.24, 2.45) is 11.8 Å². The highest BCUT2D eigenvalue weighted by molar-refractivity contribution is 7.47. The molecule has 0 radical (unpaired) electrons. The van der Waals surface area contributed by atoms with Crippen LogP contribution in [0.1, 0.15) is 337 Å². The zero-order chi connectivity index (χ0) is 63.6. The molecule has 0 bridgehead atoms. The third kappa shape index (κ3) is 59.7. The van der Waals surface area contributed by atoms with Gasteiger partial charge in [0, 0.05) is 25.7 Å². The van der Waals surface area contributed by atoms with E-state index in [0.29, 0.717) is 25.7 Å². The van der Waals surface area contributed by atoms with Crippen LogP contribution in [-0.4, -0.2) is 96.7 Å².